The Morgan fingerprint density at radius 3 is 2.06 bits per heavy atom. The summed E-state index contributed by atoms with van der Waals surface area (Å²) in [7, 11) is 0. The van der Waals surface area contributed by atoms with E-state index in [9.17, 15) is 8.78 Å². The number of alkyl halides is 2. The Labute approximate surface area is 93.7 Å². The fraction of sp³-hybridized carbons (Fsp3) is 0.462. The molecule has 3 heteroatoms. The second-order valence-electron chi connectivity index (χ2n) is 4.33. The Morgan fingerprint density at radius 2 is 1.56 bits per heavy atom. The first-order valence-electron chi connectivity index (χ1n) is 5.47. The zero-order valence-corrected chi connectivity index (χ0v) is 8.87. The van der Waals surface area contributed by atoms with Crippen LogP contribution in [0.4, 0.5) is 8.78 Å². The maximum atomic E-state index is 13.2. The molecule has 1 aliphatic carbocycles. The van der Waals surface area contributed by atoms with Gasteiger partial charge < -0.3 is 0 Å². The van der Waals surface area contributed by atoms with E-state index in [4.69, 9.17) is 5.26 Å². The molecule has 2 rings (SSSR count). The van der Waals surface area contributed by atoms with Gasteiger partial charge in [0.25, 0.3) is 0 Å². The Bertz CT molecular complexity index is 383. The average Bonchev–Trinajstić information content (AvgIpc) is 2.28. The summed E-state index contributed by atoms with van der Waals surface area (Å²) in [5.41, 5.74) is 1.51. The second kappa shape index (κ2) is 4.61. The molecular weight excluding hydrogens is 208 g/mol. The van der Waals surface area contributed by atoms with Gasteiger partial charge in [0.05, 0.1) is 11.6 Å². The smallest absolute Gasteiger partial charge is 0.103 e. The van der Waals surface area contributed by atoms with Crippen LogP contribution in [-0.4, -0.2) is 12.3 Å². The third-order valence-corrected chi connectivity index (χ3v) is 3.10. The minimum atomic E-state index is -1.04. The van der Waals surface area contributed by atoms with Crippen molar-refractivity contribution in [3.8, 4) is 6.07 Å². The summed E-state index contributed by atoms with van der Waals surface area (Å²) in [5.74, 6) is -0.0495. The second-order valence-corrected chi connectivity index (χ2v) is 4.33. The number of hydrogen-bond donors (Lipinski definition) is 0. The quantitative estimate of drug-likeness (QED) is 0.712. The lowest BCUT2D eigenvalue weighted by Crippen LogP contribution is -2.23. The van der Waals surface area contributed by atoms with Crippen molar-refractivity contribution in [3.05, 3.63) is 35.4 Å². The first-order chi connectivity index (χ1) is 7.69. The fourth-order valence-electron chi connectivity index (χ4n) is 2.29. The lowest BCUT2D eigenvalue weighted by Gasteiger charge is -2.27. The summed E-state index contributed by atoms with van der Waals surface area (Å²) in [6.45, 7) is 0. The third kappa shape index (κ3) is 2.38. The number of nitrogens with zero attached hydrogens (tertiary/aromatic N) is 1. The van der Waals surface area contributed by atoms with Crippen molar-refractivity contribution in [2.24, 2.45) is 0 Å². The SMILES string of the molecule is N#Cc1ccc(C2CC(F)CC(F)C2)cc1. The number of benzene rings is 1. The van der Waals surface area contributed by atoms with E-state index in [0.717, 1.165) is 5.56 Å². The highest BCUT2D eigenvalue weighted by Gasteiger charge is 2.29. The van der Waals surface area contributed by atoms with Gasteiger partial charge in [0.15, 0.2) is 0 Å². The van der Waals surface area contributed by atoms with E-state index in [1.165, 1.54) is 0 Å². The van der Waals surface area contributed by atoms with Gasteiger partial charge in [-0.05, 0) is 36.5 Å². The topological polar surface area (TPSA) is 23.8 Å². The van der Waals surface area contributed by atoms with Gasteiger partial charge >= 0.3 is 0 Å². The molecule has 0 saturated heterocycles. The van der Waals surface area contributed by atoms with Crippen molar-refractivity contribution in [2.45, 2.75) is 37.5 Å². The van der Waals surface area contributed by atoms with Crippen LogP contribution in [0.2, 0.25) is 0 Å². The Hall–Kier alpha value is -1.43. The highest BCUT2D eigenvalue weighted by Crippen LogP contribution is 2.35. The summed E-state index contributed by atoms with van der Waals surface area (Å²) in [6.07, 6.45) is -1.25. The summed E-state index contributed by atoms with van der Waals surface area (Å²) in [5, 5.41) is 8.65. The molecule has 1 nitrogen and oxygen atoms in total. The normalized spacial score (nSPS) is 29.7. The molecule has 0 aliphatic heterocycles. The average molecular weight is 221 g/mol. The molecule has 1 aromatic rings. The highest BCUT2D eigenvalue weighted by molar-refractivity contribution is 5.33. The summed E-state index contributed by atoms with van der Waals surface area (Å²) < 4.78 is 26.4. The summed E-state index contributed by atoms with van der Waals surface area (Å²) >= 11 is 0. The molecule has 0 N–H and O–H groups in total. The third-order valence-electron chi connectivity index (χ3n) is 3.10. The molecule has 1 fully saturated rings. The number of halogens is 2. The van der Waals surface area contributed by atoms with Crippen LogP contribution in [0.5, 0.6) is 0 Å². The van der Waals surface area contributed by atoms with Crippen molar-refractivity contribution in [1.29, 1.82) is 5.26 Å². The minimum Gasteiger partial charge on any atom is -0.247 e. The predicted molar refractivity (Wildman–Crippen MR) is 57.5 cm³/mol. The van der Waals surface area contributed by atoms with Crippen LogP contribution in [0.25, 0.3) is 0 Å². The molecule has 0 spiro atoms. The van der Waals surface area contributed by atoms with Crippen molar-refractivity contribution < 1.29 is 8.78 Å². The molecule has 0 aromatic heterocycles. The number of hydrogen-bond acceptors (Lipinski definition) is 1. The van der Waals surface area contributed by atoms with Crippen LogP contribution < -0.4 is 0 Å². The van der Waals surface area contributed by atoms with Crippen LogP contribution >= 0.6 is 0 Å². The molecule has 0 bridgehead atoms. The van der Waals surface area contributed by atoms with Crippen molar-refractivity contribution in [3.63, 3.8) is 0 Å². The molecular formula is C13H13F2N. The summed E-state index contributed by atoms with van der Waals surface area (Å²) in [4.78, 5) is 0. The van der Waals surface area contributed by atoms with Crippen molar-refractivity contribution >= 4 is 0 Å². The van der Waals surface area contributed by atoms with Gasteiger partial charge in [0.2, 0.25) is 0 Å². The Balaban J connectivity index is 2.14. The van der Waals surface area contributed by atoms with E-state index in [-0.39, 0.29) is 12.3 Å². The maximum absolute atomic E-state index is 13.2. The first kappa shape index (κ1) is 11.1. The van der Waals surface area contributed by atoms with E-state index in [0.29, 0.717) is 18.4 Å². The molecule has 1 aliphatic rings. The van der Waals surface area contributed by atoms with E-state index >= 15 is 0 Å². The number of nitriles is 1. The molecule has 0 heterocycles. The Kier molecular flexibility index (Phi) is 3.19. The van der Waals surface area contributed by atoms with E-state index < -0.39 is 12.3 Å². The van der Waals surface area contributed by atoms with E-state index in [1.807, 2.05) is 6.07 Å². The molecule has 1 saturated carbocycles. The van der Waals surface area contributed by atoms with Gasteiger partial charge in [-0.25, -0.2) is 8.78 Å². The molecule has 2 atom stereocenters. The largest absolute Gasteiger partial charge is 0.247 e. The van der Waals surface area contributed by atoms with Crippen LogP contribution in [-0.2, 0) is 0 Å². The minimum absolute atomic E-state index is 0.0345. The number of rotatable bonds is 1. The lowest BCUT2D eigenvalue weighted by atomic mass is 9.82. The monoisotopic (exact) mass is 221 g/mol. The van der Waals surface area contributed by atoms with Gasteiger partial charge in [0, 0.05) is 6.42 Å². The maximum Gasteiger partial charge on any atom is 0.103 e. The van der Waals surface area contributed by atoms with Crippen molar-refractivity contribution in [2.75, 3.05) is 0 Å². The zero-order chi connectivity index (χ0) is 11.5. The molecule has 1 aromatic carbocycles. The molecule has 0 amide bonds. The summed E-state index contributed by atoms with van der Waals surface area (Å²) in [6, 6.07) is 9.02. The van der Waals surface area contributed by atoms with Gasteiger partial charge in [-0.15, -0.1) is 0 Å². The van der Waals surface area contributed by atoms with Gasteiger partial charge in [0.1, 0.15) is 12.3 Å². The van der Waals surface area contributed by atoms with Gasteiger partial charge in [-0.1, -0.05) is 12.1 Å². The Morgan fingerprint density at radius 1 is 1.00 bits per heavy atom. The standard InChI is InChI=1S/C13H13F2N/c14-12-5-11(6-13(15)7-12)10-3-1-9(8-16)2-4-10/h1-4,11-13H,5-7H2. The van der Waals surface area contributed by atoms with Gasteiger partial charge in [-0.3, -0.25) is 0 Å². The molecule has 16 heavy (non-hydrogen) atoms. The van der Waals surface area contributed by atoms with Gasteiger partial charge in [-0.2, -0.15) is 5.26 Å². The van der Waals surface area contributed by atoms with Crippen LogP contribution in [0.3, 0.4) is 0 Å². The van der Waals surface area contributed by atoms with E-state index in [2.05, 4.69) is 0 Å². The van der Waals surface area contributed by atoms with E-state index in [1.54, 1.807) is 24.3 Å². The van der Waals surface area contributed by atoms with Crippen LogP contribution in [0.1, 0.15) is 36.3 Å². The molecule has 84 valence electrons. The van der Waals surface area contributed by atoms with Crippen LogP contribution in [0, 0.1) is 11.3 Å². The predicted octanol–water partition coefficient (Wildman–Crippen LogP) is 3.50. The molecule has 2 unspecified atom stereocenters. The van der Waals surface area contributed by atoms with Crippen molar-refractivity contribution in [1.82, 2.24) is 0 Å². The first-order valence-corrected chi connectivity index (χ1v) is 5.47. The lowest BCUT2D eigenvalue weighted by molar-refractivity contribution is 0.142. The molecule has 0 radical (unpaired) electrons. The highest BCUT2D eigenvalue weighted by atomic mass is 19.1. The van der Waals surface area contributed by atoms with Crippen LogP contribution in [0.15, 0.2) is 24.3 Å². The zero-order valence-electron chi connectivity index (χ0n) is 8.87. The fourth-order valence-corrected chi connectivity index (χ4v) is 2.29.